The van der Waals surface area contributed by atoms with Crippen molar-refractivity contribution in [2.75, 3.05) is 13.1 Å². The molecule has 0 spiro atoms. The van der Waals surface area contributed by atoms with Gasteiger partial charge in [-0.1, -0.05) is 28.9 Å². The van der Waals surface area contributed by atoms with Gasteiger partial charge in [0.15, 0.2) is 0 Å². The second kappa shape index (κ2) is 6.96. The Morgan fingerprint density at radius 3 is 2.68 bits per heavy atom. The van der Waals surface area contributed by atoms with Crippen LogP contribution >= 0.6 is 0 Å². The van der Waals surface area contributed by atoms with Gasteiger partial charge >= 0.3 is 0 Å². The van der Waals surface area contributed by atoms with E-state index in [0.29, 0.717) is 19.4 Å². The van der Waals surface area contributed by atoms with Gasteiger partial charge in [0, 0.05) is 18.0 Å². The van der Waals surface area contributed by atoms with Crippen LogP contribution in [0.4, 0.5) is 0 Å². The molecule has 2 atom stereocenters. The number of rotatable bonds is 5. The number of aryl methyl sites for hydroxylation is 1. The number of hydrogen-bond donors (Lipinski definition) is 0. The summed E-state index contributed by atoms with van der Waals surface area (Å²) in [6.45, 7) is 6.28. The maximum absolute atomic E-state index is 12.8. The third-order valence-electron chi connectivity index (χ3n) is 3.86. The molecule has 1 fully saturated rings. The highest BCUT2D eigenvalue weighted by atomic mass is 32.2. The van der Waals surface area contributed by atoms with E-state index in [0.717, 1.165) is 5.56 Å². The van der Waals surface area contributed by atoms with Crippen molar-refractivity contribution in [3.63, 3.8) is 0 Å². The minimum atomic E-state index is -3.57. The number of azide groups is 1. The van der Waals surface area contributed by atoms with Gasteiger partial charge in [0.2, 0.25) is 10.0 Å². The quantitative estimate of drug-likeness (QED) is 0.361. The lowest BCUT2D eigenvalue weighted by Gasteiger charge is -2.34. The maximum atomic E-state index is 12.8. The topological polar surface area (TPSA) is 86.1 Å². The van der Waals surface area contributed by atoms with E-state index < -0.39 is 10.0 Å². The van der Waals surface area contributed by atoms with E-state index >= 15 is 0 Å². The van der Waals surface area contributed by atoms with Crippen LogP contribution in [0.1, 0.15) is 18.4 Å². The first-order valence-electron chi connectivity index (χ1n) is 7.19. The van der Waals surface area contributed by atoms with Crippen molar-refractivity contribution in [2.24, 2.45) is 11.0 Å². The summed E-state index contributed by atoms with van der Waals surface area (Å²) >= 11 is 0. The first kappa shape index (κ1) is 16.5. The largest absolute Gasteiger partial charge is 0.243 e. The SMILES string of the molecule is C=CC[C@H]1C[C@@H](N=[N+]=[N-])CN(S(=O)(=O)c2ccc(C)cc2)C1. The Labute approximate surface area is 131 Å². The van der Waals surface area contributed by atoms with Crippen LogP contribution in [-0.4, -0.2) is 31.9 Å². The molecule has 1 saturated heterocycles. The zero-order valence-electron chi connectivity index (χ0n) is 12.6. The number of nitrogens with zero attached hydrogens (tertiary/aromatic N) is 4. The lowest BCUT2D eigenvalue weighted by molar-refractivity contribution is 0.242. The summed E-state index contributed by atoms with van der Waals surface area (Å²) in [7, 11) is -3.57. The maximum Gasteiger partial charge on any atom is 0.243 e. The molecule has 1 heterocycles. The van der Waals surface area contributed by atoms with Crippen molar-refractivity contribution in [1.29, 1.82) is 0 Å². The smallest absolute Gasteiger partial charge is 0.207 e. The van der Waals surface area contributed by atoms with Crippen LogP contribution < -0.4 is 0 Å². The van der Waals surface area contributed by atoms with Crippen molar-refractivity contribution in [3.8, 4) is 0 Å². The minimum Gasteiger partial charge on any atom is -0.207 e. The third kappa shape index (κ3) is 3.68. The van der Waals surface area contributed by atoms with Gasteiger partial charge in [-0.25, -0.2) is 8.42 Å². The first-order valence-corrected chi connectivity index (χ1v) is 8.63. The molecule has 0 aromatic heterocycles. The molecule has 6 nitrogen and oxygen atoms in total. The van der Waals surface area contributed by atoms with Crippen LogP contribution in [0.5, 0.6) is 0 Å². The predicted octanol–water partition coefficient (Wildman–Crippen LogP) is 3.26. The van der Waals surface area contributed by atoms with E-state index in [2.05, 4.69) is 16.6 Å². The molecule has 118 valence electrons. The molecule has 1 aliphatic heterocycles. The Kier molecular flexibility index (Phi) is 5.24. The van der Waals surface area contributed by atoms with E-state index in [1.165, 1.54) is 4.31 Å². The fourth-order valence-electron chi connectivity index (χ4n) is 2.75. The van der Waals surface area contributed by atoms with Gasteiger partial charge in [-0.05, 0) is 43.3 Å². The van der Waals surface area contributed by atoms with Crippen LogP contribution in [-0.2, 0) is 10.0 Å². The summed E-state index contributed by atoms with van der Waals surface area (Å²) in [5, 5.41) is 3.73. The second-order valence-electron chi connectivity index (χ2n) is 5.62. The normalized spacial score (nSPS) is 22.8. The summed E-state index contributed by atoms with van der Waals surface area (Å²) in [6.07, 6.45) is 3.17. The van der Waals surface area contributed by atoms with Gasteiger partial charge < -0.3 is 0 Å². The zero-order chi connectivity index (χ0) is 16.2. The van der Waals surface area contributed by atoms with Crippen molar-refractivity contribution in [3.05, 3.63) is 52.9 Å². The lowest BCUT2D eigenvalue weighted by atomic mass is 9.93. The predicted molar refractivity (Wildman–Crippen MR) is 85.8 cm³/mol. The molecular weight excluding hydrogens is 300 g/mol. The molecule has 0 aliphatic carbocycles. The third-order valence-corrected chi connectivity index (χ3v) is 5.70. The van der Waals surface area contributed by atoms with E-state index in [4.69, 9.17) is 5.53 Å². The molecule has 0 bridgehead atoms. The number of benzene rings is 1. The number of allylic oxidation sites excluding steroid dienone is 1. The molecule has 0 N–H and O–H groups in total. The highest BCUT2D eigenvalue weighted by molar-refractivity contribution is 7.89. The van der Waals surface area contributed by atoms with Crippen molar-refractivity contribution in [1.82, 2.24) is 4.31 Å². The summed E-state index contributed by atoms with van der Waals surface area (Å²) in [4.78, 5) is 3.11. The highest BCUT2D eigenvalue weighted by Gasteiger charge is 2.33. The van der Waals surface area contributed by atoms with Gasteiger partial charge in [-0.15, -0.1) is 6.58 Å². The summed E-state index contributed by atoms with van der Waals surface area (Å²) in [6, 6.07) is 6.46. The van der Waals surface area contributed by atoms with Gasteiger partial charge in [-0.3, -0.25) is 0 Å². The van der Waals surface area contributed by atoms with Gasteiger partial charge in [0.1, 0.15) is 0 Å². The summed E-state index contributed by atoms with van der Waals surface area (Å²) in [5.41, 5.74) is 9.65. The molecule has 0 radical (unpaired) electrons. The van der Waals surface area contributed by atoms with Gasteiger partial charge in [0.05, 0.1) is 10.9 Å². The molecule has 0 saturated carbocycles. The first-order chi connectivity index (χ1) is 10.5. The van der Waals surface area contributed by atoms with Gasteiger partial charge in [0.25, 0.3) is 0 Å². The molecular formula is C15H20N4O2S. The van der Waals surface area contributed by atoms with Crippen LogP contribution in [0, 0.1) is 12.8 Å². The van der Waals surface area contributed by atoms with Crippen molar-refractivity contribution < 1.29 is 8.42 Å². The molecule has 1 aromatic carbocycles. The van der Waals surface area contributed by atoms with E-state index in [1.807, 2.05) is 6.92 Å². The average Bonchev–Trinajstić information content (AvgIpc) is 2.48. The molecule has 7 heteroatoms. The van der Waals surface area contributed by atoms with Gasteiger partial charge in [-0.2, -0.15) is 4.31 Å². The Bertz CT molecular complexity index is 678. The lowest BCUT2D eigenvalue weighted by Crippen LogP contribution is -2.45. The second-order valence-corrected chi connectivity index (χ2v) is 7.56. The summed E-state index contributed by atoms with van der Waals surface area (Å²) < 4.78 is 27.0. The fourth-order valence-corrected chi connectivity index (χ4v) is 4.30. The molecule has 22 heavy (non-hydrogen) atoms. The Hall–Kier alpha value is -1.82. The number of piperidine rings is 1. The van der Waals surface area contributed by atoms with E-state index in [-0.39, 0.29) is 23.4 Å². The minimum absolute atomic E-state index is 0.127. The molecule has 0 unspecified atom stereocenters. The monoisotopic (exact) mass is 320 g/mol. The molecule has 2 rings (SSSR count). The molecule has 1 aromatic rings. The van der Waals surface area contributed by atoms with Crippen LogP contribution in [0.2, 0.25) is 0 Å². The fraction of sp³-hybridized carbons (Fsp3) is 0.467. The van der Waals surface area contributed by atoms with Crippen LogP contribution in [0.3, 0.4) is 0 Å². The Balaban J connectivity index is 2.29. The zero-order valence-corrected chi connectivity index (χ0v) is 13.4. The standard InChI is InChI=1S/C15H20N4O2S/c1-3-4-13-9-14(17-18-16)11-19(10-13)22(20,21)15-7-5-12(2)6-8-15/h3,5-8,13-14H,1,4,9-11H2,2H3/t13-,14+/m0/s1. The highest BCUT2D eigenvalue weighted by Crippen LogP contribution is 2.27. The van der Waals surface area contributed by atoms with Crippen LogP contribution in [0.25, 0.3) is 10.4 Å². The average molecular weight is 320 g/mol. The number of hydrogen-bond acceptors (Lipinski definition) is 3. The Morgan fingerprint density at radius 2 is 2.09 bits per heavy atom. The van der Waals surface area contributed by atoms with E-state index in [9.17, 15) is 8.42 Å². The summed E-state index contributed by atoms with van der Waals surface area (Å²) in [5.74, 6) is 0.127. The van der Waals surface area contributed by atoms with Crippen molar-refractivity contribution >= 4 is 10.0 Å². The molecule has 1 aliphatic rings. The van der Waals surface area contributed by atoms with Crippen molar-refractivity contribution in [2.45, 2.75) is 30.7 Å². The van der Waals surface area contributed by atoms with E-state index in [1.54, 1.807) is 30.3 Å². The van der Waals surface area contributed by atoms with Crippen LogP contribution in [0.15, 0.2) is 46.9 Å². The number of sulfonamides is 1. The Morgan fingerprint density at radius 1 is 1.41 bits per heavy atom. The molecule has 0 amide bonds.